The molecule has 0 unspecified atom stereocenters. The fourth-order valence-electron chi connectivity index (χ4n) is 5.13. The summed E-state index contributed by atoms with van der Waals surface area (Å²) < 4.78 is 45.7. The van der Waals surface area contributed by atoms with Crippen molar-refractivity contribution in [1.29, 1.82) is 0 Å². The first-order chi connectivity index (χ1) is 22.4. The van der Waals surface area contributed by atoms with Crippen LogP contribution < -0.4 is 23.7 Å². The Kier molecular flexibility index (Phi) is 10.2. The molecule has 1 aliphatic rings. The topological polar surface area (TPSA) is 130 Å². The van der Waals surface area contributed by atoms with Crippen LogP contribution in [0.3, 0.4) is 0 Å². The lowest BCUT2D eigenvalue weighted by molar-refractivity contribution is -0.146. The van der Waals surface area contributed by atoms with Crippen LogP contribution in [0.25, 0.3) is 22.0 Å². The van der Waals surface area contributed by atoms with Gasteiger partial charge in [0.2, 0.25) is 6.79 Å². The van der Waals surface area contributed by atoms with Crippen LogP contribution in [0.15, 0.2) is 54.6 Å². The van der Waals surface area contributed by atoms with Gasteiger partial charge in [0.1, 0.15) is 22.9 Å². The van der Waals surface area contributed by atoms with E-state index < -0.39 is 17.9 Å². The van der Waals surface area contributed by atoms with Gasteiger partial charge in [-0.3, -0.25) is 0 Å². The molecule has 0 atom stereocenters. The summed E-state index contributed by atoms with van der Waals surface area (Å²) in [6, 6.07) is 15.9. The minimum Gasteiger partial charge on any atom is -0.497 e. The molecule has 0 saturated carbocycles. The molecule has 5 rings (SSSR count). The number of aromatic nitrogens is 1. The number of carbonyl (C=O) groups excluding carboxylic acids is 3. The average molecular weight is 634 g/mol. The number of benzene rings is 3. The molecule has 3 aromatic carbocycles. The van der Waals surface area contributed by atoms with Crippen molar-refractivity contribution in [2.24, 2.45) is 0 Å². The lowest BCUT2D eigenvalue weighted by Gasteiger charge is -2.16. The Bertz CT molecular complexity index is 1740. The maximum atomic E-state index is 13.8. The number of ether oxygens (including phenoxy) is 8. The van der Waals surface area contributed by atoms with Crippen LogP contribution in [-0.4, -0.2) is 69.4 Å². The SMILES string of the molecule is CCOC(=O)COc1ccc2c(c1)c(-c1ccc3c(c1)OCO3)c(C(=O)OCC)n2Cc1ccc(OC)cc1OCC(=O)OCC. The van der Waals surface area contributed by atoms with Crippen LogP contribution in [-0.2, 0) is 30.3 Å². The second kappa shape index (κ2) is 14.6. The molecule has 12 heteroatoms. The summed E-state index contributed by atoms with van der Waals surface area (Å²) in [6.07, 6.45) is 0. The number of hydrogen-bond donors (Lipinski definition) is 0. The normalized spacial score (nSPS) is 11.7. The number of hydrogen-bond acceptors (Lipinski definition) is 11. The monoisotopic (exact) mass is 633 g/mol. The summed E-state index contributed by atoms with van der Waals surface area (Å²) in [5, 5.41) is 0.658. The third kappa shape index (κ3) is 6.96. The first-order valence-corrected chi connectivity index (χ1v) is 14.8. The number of methoxy groups -OCH3 is 1. The molecular formula is C34H35NO11. The van der Waals surface area contributed by atoms with Crippen molar-refractivity contribution >= 4 is 28.8 Å². The van der Waals surface area contributed by atoms with Crippen molar-refractivity contribution in [3.05, 3.63) is 65.9 Å². The van der Waals surface area contributed by atoms with Crippen molar-refractivity contribution in [3.63, 3.8) is 0 Å². The summed E-state index contributed by atoms with van der Waals surface area (Å²) >= 11 is 0. The Morgan fingerprint density at radius 1 is 0.761 bits per heavy atom. The molecule has 242 valence electrons. The van der Waals surface area contributed by atoms with Crippen LogP contribution in [0.1, 0.15) is 36.8 Å². The first-order valence-electron chi connectivity index (χ1n) is 14.8. The predicted molar refractivity (Wildman–Crippen MR) is 166 cm³/mol. The second-order valence-corrected chi connectivity index (χ2v) is 9.94. The maximum absolute atomic E-state index is 13.8. The molecule has 0 saturated heterocycles. The van der Waals surface area contributed by atoms with Gasteiger partial charge < -0.3 is 42.5 Å². The van der Waals surface area contributed by atoms with Gasteiger partial charge in [-0.25, -0.2) is 14.4 Å². The van der Waals surface area contributed by atoms with Crippen LogP contribution in [0, 0.1) is 0 Å². The van der Waals surface area contributed by atoms with Crippen LogP contribution >= 0.6 is 0 Å². The third-order valence-electron chi connectivity index (χ3n) is 7.08. The van der Waals surface area contributed by atoms with E-state index in [-0.39, 0.29) is 52.1 Å². The first kappa shape index (κ1) is 32.0. The van der Waals surface area contributed by atoms with E-state index in [0.29, 0.717) is 56.3 Å². The summed E-state index contributed by atoms with van der Waals surface area (Å²) in [7, 11) is 1.53. The molecule has 0 fully saturated rings. The Hall–Kier alpha value is -5.39. The second-order valence-electron chi connectivity index (χ2n) is 9.94. The van der Waals surface area contributed by atoms with Gasteiger partial charge in [-0.15, -0.1) is 0 Å². The van der Waals surface area contributed by atoms with Crippen molar-refractivity contribution in [3.8, 4) is 39.9 Å². The van der Waals surface area contributed by atoms with Gasteiger partial charge in [-0.2, -0.15) is 0 Å². The number of nitrogens with zero attached hydrogens (tertiary/aromatic N) is 1. The van der Waals surface area contributed by atoms with Crippen LogP contribution in [0.5, 0.6) is 28.7 Å². The number of rotatable bonds is 14. The molecule has 1 aromatic heterocycles. The van der Waals surface area contributed by atoms with E-state index in [1.165, 1.54) is 7.11 Å². The fourth-order valence-corrected chi connectivity index (χ4v) is 5.13. The molecule has 2 heterocycles. The molecule has 0 spiro atoms. The van der Waals surface area contributed by atoms with E-state index in [9.17, 15) is 14.4 Å². The van der Waals surface area contributed by atoms with Crippen molar-refractivity contribution in [1.82, 2.24) is 4.57 Å². The zero-order valence-corrected chi connectivity index (χ0v) is 26.1. The Labute approximate surface area is 265 Å². The Balaban J connectivity index is 1.67. The van der Waals surface area contributed by atoms with Gasteiger partial charge in [-0.1, -0.05) is 6.07 Å². The van der Waals surface area contributed by atoms with Crippen LogP contribution in [0.2, 0.25) is 0 Å². The van der Waals surface area contributed by atoms with Gasteiger partial charge in [0.15, 0.2) is 24.7 Å². The number of carbonyl (C=O) groups is 3. The zero-order valence-electron chi connectivity index (χ0n) is 26.1. The zero-order chi connectivity index (χ0) is 32.6. The highest BCUT2D eigenvalue weighted by atomic mass is 16.7. The molecule has 0 amide bonds. The van der Waals surface area contributed by atoms with E-state index in [2.05, 4.69) is 0 Å². The maximum Gasteiger partial charge on any atom is 0.355 e. The van der Waals surface area contributed by atoms with Crippen LogP contribution in [0.4, 0.5) is 0 Å². The summed E-state index contributed by atoms with van der Waals surface area (Å²) in [5.74, 6) is 0.852. The average Bonchev–Trinajstić information content (AvgIpc) is 3.65. The largest absolute Gasteiger partial charge is 0.497 e. The molecule has 4 aromatic rings. The number of fused-ring (bicyclic) bond motifs is 2. The Morgan fingerprint density at radius 2 is 1.46 bits per heavy atom. The highest BCUT2D eigenvalue weighted by Crippen LogP contribution is 2.42. The molecule has 46 heavy (non-hydrogen) atoms. The summed E-state index contributed by atoms with van der Waals surface area (Å²) in [5.41, 5.74) is 2.84. The standard InChI is InChI=1S/C34H35NO11/c1-5-40-30(36)18-43-24-11-12-26-25(15-24)32(21-9-13-27-29(14-21)46-20-45-27)33(34(38)42-7-3)35(26)17-22-8-10-23(39-4)16-28(22)44-19-31(37)41-6-2/h8-16H,5-7,17-20H2,1-4H3. The smallest absolute Gasteiger partial charge is 0.355 e. The quantitative estimate of drug-likeness (QED) is 0.135. The van der Waals surface area contributed by atoms with Gasteiger partial charge in [0, 0.05) is 28.1 Å². The minimum absolute atomic E-state index is 0.0865. The van der Waals surface area contributed by atoms with Crippen molar-refractivity contribution in [2.75, 3.05) is 46.9 Å². The van der Waals surface area contributed by atoms with E-state index in [0.717, 1.165) is 0 Å². The summed E-state index contributed by atoms with van der Waals surface area (Å²) in [6.45, 7) is 5.42. The van der Waals surface area contributed by atoms with E-state index in [4.69, 9.17) is 37.9 Å². The van der Waals surface area contributed by atoms with Gasteiger partial charge in [0.25, 0.3) is 0 Å². The lowest BCUT2D eigenvalue weighted by atomic mass is 10.0. The molecule has 0 radical (unpaired) electrons. The fraction of sp³-hybridized carbons (Fsp3) is 0.324. The molecule has 0 bridgehead atoms. The van der Waals surface area contributed by atoms with Gasteiger partial charge >= 0.3 is 17.9 Å². The third-order valence-corrected chi connectivity index (χ3v) is 7.08. The van der Waals surface area contributed by atoms with Crippen molar-refractivity contribution in [2.45, 2.75) is 27.3 Å². The van der Waals surface area contributed by atoms with E-state index in [1.54, 1.807) is 69.3 Å². The van der Waals surface area contributed by atoms with Gasteiger partial charge in [0.05, 0.1) is 33.5 Å². The summed E-state index contributed by atoms with van der Waals surface area (Å²) in [4.78, 5) is 37.9. The molecule has 0 aliphatic carbocycles. The lowest BCUT2D eigenvalue weighted by Crippen LogP contribution is -2.17. The molecule has 1 aliphatic heterocycles. The predicted octanol–water partition coefficient (Wildman–Crippen LogP) is 5.15. The van der Waals surface area contributed by atoms with Gasteiger partial charge in [-0.05, 0) is 68.8 Å². The molecule has 0 N–H and O–H groups in total. The minimum atomic E-state index is -0.553. The molecular weight excluding hydrogens is 598 g/mol. The highest BCUT2D eigenvalue weighted by Gasteiger charge is 2.28. The highest BCUT2D eigenvalue weighted by molar-refractivity contribution is 6.09. The molecule has 12 nitrogen and oxygen atoms in total. The Morgan fingerprint density at radius 3 is 2.17 bits per heavy atom. The number of esters is 3. The van der Waals surface area contributed by atoms with Crippen molar-refractivity contribution < 1.29 is 52.3 Å². The van der Waals surface area contributed by atoms with E-state index >= 15 is 0 Å². The van der Waals surface area contributed by atoms with E-state index in [1.807, 2.05) is 10.6 Å².